The minimum absolute atomic E-state index is 0.174. The molecule has 5 rings (SSSR count). The van der Waals surface area contributed by atoms with Gasteiger partial charge in [-0.15, -0.1) is 6.58 Å². The van der Waals surface area contributed by atoms with E-state index in [1.807, 2.05) is 30.3 Å². The van der Waals surface area contributed by atoms with E-state index in [1.54, 1.807) is 58.9 Å². The summed E-state index contributed by atoms with van der Waals surface area (Å²) < 4.78 is 81.7. The zero-order chi connectivity index (χ0) is 41.4. The van der Waals surface area contributed by atoms with E-state index in [9.17, 15) is 40.8 Å². The number of benzene rings is 2. The molecule has 4 amide bonds. The smallest absolute Gasteiger partial charge is 0.497 e. The Morgan fingerprint density at radius 3 is 2.30 bits per heavy atom. The number of pyridine rings is 1. The summed E-state index contributed by atoms with van der Waals surface area (Å²) >= 11 is 0. The number of ether oxygens (including phenoxy) is 3. The van der Waals surface area contributed by atoms with Gasteiger partial charge >= 0.3 is 21.6 Å². The fourth-order valence-electron chi connectivity index (χ4n) is 6.45. The molecule has 1 saturated carbocycles. The number of likely N-dealkylation sites (tertiary alicyclic amines) is 1. The van der Waals surface area contributed by atoms with Gasteiger partial charge in [0.15, 0.2) is 0 Å². The molecule has 1 aromatic heterocycles. The summed E-state index contributed by atoms with van der Waals surface area (Å²) in [5, 5.41) is 5.58. The highest BCUT2D eigenvalue weighted by Crippen LogP contribution is 2.45. The Hall–Kier alpha value is -5.39. The number of carbonyl (C=O) groups is 4. The molecule has 1 saturated heterocycles. The van der Waals surface area contributed by atoms with E-state index >= 15 is 0 Å². The Morgan fingerprint density at radius 2 is 1.73 bits per heavy atom. The first kappa shape index (κ1) is 41.8. The van der Waals surface area contributed by atoms with Crippen LogP contribution in [0.25, 0.3) is 22.2 Å². The molecule has 14 nitrogen and oxygen atoms in total. The molecule has 56 heavy (non-hydrogen) atoms. The van der Waals surface area contributed by atoms with Crippen LogP contribution in [0.1, 0.15) is 47.5 Å². The third-order valence-corrected chi connectivity index (χ3v) is 10.4. The quantitative estimate of drug-likeness (QED) is 0.215. The van der Waals surface area contributed by atoms with Crippen molar-refractivity contribution in [2.45, 2.75) is 82.3 Å². The van der Waals surface area contributed by atoms with Gasteiger partial charge < -0.3 is 29.7 Å². The molecule has 3 N–H and O–H groups in total. The highest BCUT2D eigenvalue weighted by molar-refractivity contribution is 7.90. The summed E-state index contributed by atoms with van der Waals surface area (Å²) in [5.41, 5.74) is -6.97. The molecule has 0 radical (unpaired) electrons. The van der Waals surface area contributed by atoms with Crippen LogP contribution < -0.4 is 24.8 Å². The maximum absolute atomic E-state index is 14.4. The number of hydrogen-bond donors (Lipinski definition) is 3. The van der Waals surface area contributed by atoms with Gasteiger partial charge in [0.25, 0.3) is 5.91 Å². The van der Waals surface area contributed by atoms with Crippen LogP contribution in [0.5, 0.6) is 11.5 Å². The second kappa shape index (κ2) is 15.6. The van der Waals surface area contributed by atoms with Gasteiger partial charge in [-0.2, -0.15) is 21.6 Å². The van der Waals surface area contributed by atoms with Crippen molar-refractivity contribution in [2.75, 3.05) is 13.7 Å². The van der Waals surface area contributed by atoms with E-state index in [2.05, 4.69) is 17.2 Å². The molecule has 2 aromatic carbocycles. The van der Waals surface area contributed by atoms with Crippen molar-refractivity contribution in [1.29, 1.82) is 0 Å². The number of amides is 4. The molecule has 0 spiro atoms. The molecule has 1 aliphatic carbocycles. The van der Waals surface area contributed by atoms with Crippen LogP contribution in [0, 0.1) is 11.8 Å². The SMILES string of the molecule is C=CC1CC1(NC(=O)C1CC(Oc2cc(-c3ccccc3)nc3cc(OC)ccc23)CN1C(=O)C(NC(=O)OC(C)(C)C)C(C)C)C(=O)NS(=O)(=O)C(F)(F)F. The number of sulfonamides is 1. The fraction of sp³-hybridized carbons (Fsp3) is 0.447. The minimum Gasteiger partial charge on any atom is -0.497 e. The molecular weight excluding hydrogens is 760 g/mol. The number of hydrogen-bond acceptors (Lipinski definition) is 10. The third-order valence-electron chi connectivity index (χ3n) is 9.38. The lowest BCUT2D eigenvalue weighted by Crippen LogP contribution is -2.59. The van der Waals surface area contributed by atoms with E-state index in [1.165, 1.54) is 13.2 Å². The summed E-state index contributed by atoms with van der Waals surface area (Å²) in [6.45, 7) is 11.6. The Kier molecular flexibility index (Phi) is 11.7. The van der Waals surface area contributed by atoms with Crippen LogP contribution in [0.4, 0.5) is 18.0 Å². The summed E-state index contributed by atoms with van der Waals surface area (Å²) in [7, 11) is -4.61. The number of halogens is 3. The molecule has 0 bridgehead atoms. The van der Waals surface area contributed by atoms with Gasteiger partial charge in [-0.1, -0.05) is 50.3 Å². The van der Waals surface area contributed by atoms with Crippen molar-refractivity contribution >= 4 is 44.7 Å². The normalized spacial score (nSPS) is 21.5. The number of alkyl carbamates (subject to hydrolysis) is 1. The first-order valence-electron chi connectivity index (χ1n) is 17.7. The van der Waals surface area contributed by atoms with E-state index in [4.69, 9.17) is 19.2 Å². The van der Waals surface area contributed by atoms with Crippen LogP contribution in [0.2, 0.25) is 0 Å². The molecule has 3 aromatic rings. The van der Waals surface area contributed by atoms with E-state index in [0.29, 0.717) is 28.1 Å². The highest BCUT2D eigenvalue weighted by atomic mass is 32.2. The lowest BCUT2D eigenvalue weighted by Gasteiger charge is -2.31. The van der Waals surface area contributed by atoms with Crippen LogP contribution in [-0.2, 0) is 29.1 Å². The maximum Gasteiger partial charge on any atom is 0.516 e. The first-order chi connectivity index (χ1) is 26.1. The van der Waals surface area contributed by atoms with Crippen molar-refractivity contribution in [3.63, 3.8) is 0 Å². The second-order valence-corrected chi connectivity index (χ2v) is 16.7. The van der Waals surface area contributed by atoms with E-state index < -0.39 is 80.5 Å². The number of fused-ring (bicyclic) bond motifs is 1. The fourth-order valence-corrected chi connectivity index (χ4v) is 6.99. The number of nitrogens with zero attached hydrogens (tertiary/aromatic N) is 2. The predicted molar refractivity (Wildman–Crippen MR) is 199 cm³/mol. The average molecular weight is 804 g/mol. The van der Waals surface area contributed by atoms with Gasteiger partial charge in [0.2, 0.25) is 11.8 Å². The van der Waals surface area contributed by atoms with Gasteiger partial charge in [-0.3, -0.25) is 14.4 Å². The molecular formula is C38H44F3N5O9S. The second-order valence-electron chi connectivity index (χ2n) is 15.0. The number of carbonyl (C=O) groups excluding carboxylic acids is 4. The Morgan fingerprint density at radius 1 is 1.05 bits per heavy atom. The number of rotatable bonds is 12. The minimum atomic E-state index is -6.12. The van der Waals surface area contributed by atoms with E-state index in [-0.39, 0.29) is 19.4 Å². The molecule has 18 heteroatoms. The van der Waals surface area contributed by atoms with Crippen molar-refractivity contribution in [2.24, 2.45) is 11.8 Å². The summed E-state index contributed by atoms with van der Waals surface area (Å²) in [6, 6.07) is 13.5. The number of aromatic nitrogens is 1. The molecule has 1 aliphatic heterocycles. The van der Waals surface area contributed by atoms with Gasteiger partial charge in [0, 0.05) is 35.4 Å². The van der Waals surface area contributed by atoms with Crippen LogP contribution in [-0.4, -0.2) is 90.6 Å². The highest BCUT2D eigenvalue weighted by Gasteiger charge is 2.63. The molecule has 2 heterocycles. The summed E-state index contributed by atoms with van der Waals surface area (Å²) in [6.07, 6.45) is -1.00. The van der Waals surface area contributed by atoms with Gasteiger partial charge in [-0.05, 0) is 45.2 Å². The summed E-state index contributed by atoms with van der Waals surface area (Å²) in [4.78, 5) is 60.5. The Labute approximate surface area is 322 Å². The van der Waals surface area contributed by atoms with Gasteiger partial charge in [0.1, 0.15) is 40.8 Å². The Balaban J connectivity index is 1.51. The van der Waals surface area contributed by atoms with E-state index in [0.717, 1.165) is 15.2 Å². The molecule has 2 fully saturated rings. The first-order valence-corrected chi connectivity index (χ1v) is 19.2. The average Bonchev–Trinajstić information content (AvgIpc) is 3.67. The van der Waals surface area contributed by atoms with Crippen LogP contribution >= 0.6 is 0 Å². The predicted octanol–water partition coefficient (Wildman–Crippen LogP) is 4.83. The third kappa shape index (κ3) is 9.01. The zero-order valence-electron chi connectivity index (χ0n) is 31.6. The van der Waals surface area contributed by atoms with Gasteiger partial charge in [0.05, 0.1) is 24.9 Å². The zero-order valence-corrected chi connectivity index (χ0v) is 32.4. The lowest BCUT2D eigenvalue weighted by atomic mass is 10.0. The number of methoxy groups -OCH3 is 1. The summed E-state index contributed by atoms with van der Waals surface area (Å²) in [5.74, 6) is -3.86. The molecule has 5 atom stereocenters. The van der Waals surface area contributed by atoms with Crippen molar-refractivity contribution in [3.05, 3.63) is 67.3 Å². The maximum atomic E-state index is 14.4. The molecule has 2 aliphatic rings. The van der Waals surface area contributed by atoms with Crippen molar-refractivity contribution in [1.82, 2.24) is 25.2 Å². The lowest BCUT2D eigenvalue weighted by molar-refractivity contribution is -0.142. The molecule has 302 valence electrons. The van der Waals surface area contributed by atoms with Gasteiger partial charge in [-0.25, -0.2) is 14.5 Å². The number of alkyl halides is 3. The standard InChI is InChI=1S/C38H44F3N5O9S/c1-8-23-19-37(23,34(49)45-56(51,52)38(39,40)41)44-32(47)29-17-25(20-46(29)33(48)31(21(2)3)43-35(50)55-36(4,5)6)54-30-18-27(22-12-10-9-11-13-22)42-28-16-24(53-7)14-15-26(28)30/h8-16,18,21,23,25,29,31H,1,17,19-20H2,2-7H3,(H,43,50)(H,44,47)(H,45,49). The number of nitrogens with one attached hydrogen (secondary N) is 3. The van der Waals surface area contributed by atoms with Crippen LogP contribution in [0.3, 0.4) is 0 Å². The van der Waals surface area contributed by atoms with Crippen LogP contribution in [0.15, 0.2) is 67.3 Å². The van der Waals surface area contributed by atoms with Crippen molar-refractivity contribution < 1.29 is 55.0 Å². The Bertz CT molecular complexity index is 2130. The largest absolute Gasteiger partial charge is 0.516 e. The molecule has 5 unspecified atom stereocenters. The monoisotopic (exact) mass is 803 g/mol. The van der Waals surface area contributed by atoms with Crippen molar-refractivity contribution in [3.8, 4) is 22.8 Å². The topological polar surface area (TPSA) is 182 Å².